The van der Waals surface area contributed by atoms with Crippen molar-refractivity contribution in [3.05, 3.63) is 66.2 Å². The first-order valence-electron chi connectivity index (χ1n) is 9.91. The van der Waals surface area contributed by atoms with Crippen LogP contribution in [-0.4, -0.2) is 24.9 Å². The van der Waals surface area contributed by atoms with E-state index in [1.54, 1.807) is 4.90 Å². The molecule has 4 heteroatoms. The summed E-state index contributed by atoms with van der Waals surface area (Å²) in [5.41, 5.74) is 1.48. The van der Waals surface area contributed by atoms with Crippen molar-refractivity contribution in [2.75, 3.05) is 18.0 Å². The van der Waals surface area contributed by atoms with Gasteiger partial charge in [-0.15, -0.1) is 0 Å². The lowest BCUT2D eigenvalue weighted by Gasteiger charge is -2.23. The second-order valence-corrected chi connectivity index (χ2v) is 6.67. The summed E-state index contributed by atoms with van der Waals surface area (Å²) in [7, 11) is 0. The normalized spacial score (nSPS) is 10.4. The zero-order valence-corrected chi connectivity index (χ0v) is 16.2. The lowest BCUT2D eigenvalue weighted by molar-refractivity contribution is -0.121. The van der Waals surface area contributed by atoms with Crippen LogP contribution in [0, 0.1) is 0 Å². The molecule has 0 radical (unpaired) electrons. The van der Waals surface area contributed by atoms with Crippen molar-refractivity contribution in [2.45, 2.75) is 45.4 Å². The highest BCUT2D eigenvalue weighted by Gasteiger charge is 2.17. The number of carbonyl (C=O) groups is 2. The number of anilines is 1. The summed E-state index contributed by atoms with van der Waals surface area (Å²) in [6.45, 7) is 3.07. The number of unbranched alkanes of at least 4 members (excludes halogenated alkanes) is 4. The van der Waals surface area contributed by atoms with E-state index in [4.69, 9.17) is 0 Å². The third-order valence-corrected chi connectivity index (χ3v) is 4.50. The summed E-state index contributed by atoms with van der Waals surface area (Å²) in [4.78, 5) is 26.6. The van der Waals surface area contributed by atoms with Gasteiger partial charge in [-0.05, 0) is 30.7 Å². The first kappa shape index (κ1) is 20.7. The van der Waals surface area contributed by atoms with Gasteiger partial charge in [0.05, 0.1) is 0 Å². The van der Waals surface area contributed by atoms with Gasteiger partial charge in [0, 0.05) is 30.8 Å². The molecule has 2 amide bonds. The SMILES string of the molecule is CCCCCCCC(=O)NCCN(C(=O)c1ccccc1)c1ccccc1. The second kappa shape index (κ2) is 11.9. The molecule has 2 aromatic carbocycles. The van der Waals surface area contributed by atoms with Crippen LogP contribution in [0.15, 0.2) is 60.7 Å². The predicted octanol–water partition coefficient (Wildman–Crippen LogP) is 4.81. The van der Waals surface area contributed by atoms with Crippen LogP contribution < -0.4 is 10.2 Å². The molecule has 0 atom stereocenters. The van der Waals surface area contributed by atoms with Gasteiger partial charge in [0.1, 0.15) is 0 Å². The van der Waals surface area contributed by atoms with Gasteiger partial charge >= 0.3 is 0 Å². The molecule has 0 aliphatic heterocycles. The van der Waals surface area contributed by atoms with E-state index in [-0.39, 0.29) is 11.8 Å². The fourth-order valence-electron chi connectivity index (χ4n) is 2.98. The monoisotopic (exact) mass is 366 g/mol. The average molecular weight is 367 g/mol. The quantitative estimate of drug-likeness (QED) is 0.580. The van der Waals surface area contributed by atoms with Crippen molar-refractivity contribution >= 4 is 17.5 Å². The van der Waals surface area contributed by atoms with Gasteiger partial charge in [-0.25, -0.2) is 0 Å². The molecule has 144 valence electrons. The van der Waals surface area contributed by atoms with E-state index >= 15 is 0 Å². The van der Waals surface area contributed by atoms with Gasteiger partial charge in [-0.3, -0.25) is 9.59 Å². The molecule has 0 bridgehead atoms. The molecule has 0 saturated heterocycles. The van der Waals surface area contributed by atoms with E-state index in [1.807, 2.05) is 60.7 Å². The van der Waals surface area contributed by atoms with Gasteiger partial charge in [0.25, 0.3) is 5.91 Å². The molecule has 0 unspecified atom stereocenters. The van der Waals surface area contributed by atoms with Gasteiger partial charge in [-0.1, -0.05) is 69.0 Å². The Hall–Kier alpha value is -2.62. The molecule has 2 aromatic rings. The maximum atomic E-state index is 12.9. The Morgan fingerprint density at radius 3 is 2.15 bits per heavy atom. The number of nitrogens with zero attached hydrogens (tertiary/aromatic N) is 1. The molecule has 0 spiro atoms. The molecule has 0 aliphatic rings. The number of hydrogen-bond acceptors (Lipinski definition) is 2. The Bertz CT molecular complexity index is 686. The minimum atomic E-state index is -0.0596. The Kier molecular flexibility index (Phi) is 9.11. The summed E-state index contributed by atoms with van der Waals surface area (Å²) < 4.78 is 0. The van der Waals surface area contributed by atoms with Crippen LogP contribution in [0.2, 0.25) is 0 Å². The standard InChI is InChI=1S/C23H30N2O2/c1-2-3-4-5-12-17-22(26)24-18-19-25(21-15-10-7-11-16-21)23(27)20-13-8-6-9-14-20/h6-11,13-16H,2-5,12,17-19H2,1H3,(H,24,26). The van der Waals surface area contributed by atoms with E-state index in [0.717, 1.165) is 18.5 Å². The molecular weight excluding hydrogens is 336 g/mol. The number of rotatable bonds is 11. The number of para-hydroxylation sites is 1. The minimum absolute atomic E-state index is 0.0596. The zero-order valence-electron chi connectivity index (χ0n) is 16.2. The molecule has 0 fully saturated rings. The average Bonchev–Trinajstić information content (AvgIpc) is 2.72. The van der Waals surface area contributed by atoms with Crippen LogP contribution in [0.4, 0.5) is 5.69 Å². The summed E-state index contributed by atoms with van der Waals surface area (Å²) in [5.74, 6) is 0.00212. The van der Waals surface area contributed by atoms with Crippen molar-refractivity contribution in [2.24, 2.45) is 0 Å². The number of nitrogens with one attached hydrogen (secondary N) is 1. The third kappa shape index (κ3) is 7.26. The summed E-state index contributed by atoms with van der Waals surface area (Å²) >= 11 is 0. The van der Waals surface area contributed by atoms with E-state index in [2.05, 4.69) is 12.2 Å². The zero-order chi connectivity index (χ0) is 19.3. The second-order valence-electron chi connectivity index (χ2n) is 6.67. The third-order valence-electron chi connectivity index (χ3n) is 4.50. The van der Waals surface area contributed by atoms with Crippen molar-refractivity contribution in [3.63, 3.8) is 0 Å². The molecule has 27 heavy (non-hydrogen) atoms. The van der Waals surface area contributed by atoms with E-state index in [1.165, 1.54) is 19.3 Å². The molecule has 1 N–H and O–H groups in total. The predicted molar refractivity (Wildman–Crippen MR) is 111 cm³/mol. The number of carbonyl (C=O) groups excluding carboxylic acids is 2. The van der Waals surface area contributed by atoms with Crippen LogP contribution >= 0.6 is 0 Å². The topological polar surface area (TPSA) is 49.4 Å². The van der Waals surface area contributed by atoms with Gasteiger partial charge in [-0.2, -0.15) is 0 Å². The Morgan fingerprint density at radius 2 is 1.48 bits per heavy atom. The fraction of sp³-hybridized carbons (Fsp3) is 0.391. The van der Waals surface area contributed by atoms with Crippen molar-refractivity contribution in [1.29, 1.82) is 0 Å². The van der Waals surface area contributed by atoms with E-state index in [9.17, 15) is 9.59 Å². The van der Waals surface area contributed by atoms with Crippen molar-refractivity contribution in [3.8, 4) is 0 Å². The summed E-state index contributed by atoms with van der Waals surface area (Å²) in [6, 6.07) is 18.8. The molecule has 0 aliphatic carbocycles. The summed E-state index contributed by atoms with van der Waals surface area (Å²) in [6.07, 6.45) is 6.21. The maximum Gasteiger partial charge on any atom is 0.258 e. The highest BCUT2D eigenvalue weighted by Crippen LogP contribution is 2.16. The Morgan fingerprint density at radius 1 is 0.852 bits per heavy atom. The van der Waals surface area contributed by atoms with E-state index in [0.29, 0.717) is 25.1 Å². The van der Waals surface area contributed by atoms with E-state index < -0.39 is 0 Å². The number of hydrogen-bond donors (Lipinski definition) is 1. The molecule has 4 nitrogen and oxygen atoms in total. The van der Waals surface area contributed by atoms with Crippen molar-refractivity contribution in [1.82, 2.24) is 5.32 Å². The number of amides is 2. The largest absolute Gasteiger partial charge is 0.354 e. The smallest absolute Gasteiger partial charge is 0.258 e. The highest BCUT2D eigenvalue weighted by molar-refractivity contribution is 6.06. The van der Waals surface area contributed by atoms with Crippen LogP contribution in [0.25, 0.3) is 0 Å². The van der Waals surface area contributed by atoms with Gasteiger partial charge in [0.2, 0.25) is 5.91 Å². The van der Waals surface area contributed by atoms with Gasteiger partial charge in [0.15, 0.2) is 0 Å². The minimum Gasteiger partial charge on any atom is -0.354 e. The highest BCUT2D eigenvalue weighted by atomic mass is 16.2. The van der Waals surface area contributed by atoms with Crippen LogP contribution in [-0.2, 0) is 4.79 Å². The molecule has 2 rings (SSSR count). The first-order chi connectivity index (χ1) is 13.2. The maximum absolute atomic E-state index is 12.9. The molecular formula is C23H30N2O2. The molecule has 0 aromatic heterocycles. The summed E-state index contributed by atoms with van der Waals surface area (Å²) in [5, 5.41) is 2.95. The van der Waals surface area contributed by atoms with Crippen LogP contribution in [0.3, 0.4) is 0 Å². The fourth-order valence-corrected chi connectivity index (χ4v) is 2.98. The number of benzene rings is 2. The molecule has 0 heterocycles. The molecule has 0 saturated carbocycles. The van der Waals surface area contributed by atoms with Crippen LogP contribution in [0.5, 0.6) is 0 Å². The Balaban J connectivity index is 1.88. The first-order valence-corrected chi connectivity index (χ1v) is 9.91. The lowest BCUT2D eigenvalue weighted by atomic mass is 10.1. The van der Waals surface area contributed by atoms with Gasteiger partial charge < -0.3 is 10.2 Å². The lowest BCUT2D eigenvalue weighted by Crippen LogP contribution is -2.38. The Labute approximate surface area is 162 Å². The van der Waals surface area contributed by atoms with Crippen molar-refractivity contribution < 1.29 is 9.59 Å². The van der Waals surface area contributed by atoms with Crippen LogP contribution in [0.1, 0.15) is 55.8 Å².